The van der Waals surface area contributed by atoms with E-state index >= 15 is 0 Å². The molecule has 0 radical (unpaired) electrons. The lowest BCUT2D eigenvalue weighted by molar-refractivity contribution is -0.140. The number of aromatic nitrogens is 2. The average Bonchev–Trinajstić information content (AvgIpc) is 3.07. The minimum Gasteiger partial charge on any atom is -0.377 e. The van der Waals surface area contributed by atoms with Gasteiger partial charge in [-0.25, -0.2) is 4.98 Å². The Labute approximate surface area is 148 Å². The second-order valence-electron chi connectivity index (χ2n) is 5.89. The maximum atomic E-state index is 13.2. The number of nitriles is 1. The molecule has 0 aliphatic carbocycles. The van der Waals surface area contributed by atoms with Crippen LogP contribution in [-0.4, -0.2) is 23.6 Å². The summed E-state index contributed by atoms with van der Waals surface area (Å²) in [6.07, 6.45) is -3.57. The van der Waals surface area contributed by atoms with E-state index in [4.69, 9.17) is 0 Å². The predicted octanol–water partition coefficient (Wildman–Crippen LogP) is 4.50. The van der Waals surface area contributed by atoms with Crippen LogP contribution in [0.3, 0.4) is 0 Å². The maximum absolute atomic E-state index is 13.2. The molecule has 0 saturated carbocycles. The summed E-state index contributed by atoms with van der Waals surface area (Å²) in [6.45, 7) is 0. The fraction of sp³-hybridized carbons (Fsp3) is 0.158. The van der Waals surface area contributed by atoms with E-state index in [9.17, 15) is 18.4 Å². The average molecular weight is 356 g/mol. The molecule has 0 atom stereocenters. The molecule has 7 heteroatoms. The fourth-order valence-electron chi connectivity index (χ4n) is 2.64. The summed E-state index contributed by atoms with van der Waals surface area (Å²) in [5, 5.41) is 9.23. The maximum Gasteiger partial charge on any atom is 0.434 e. The van der Waals surface area contributed by atoms with Gasteiger partial charge in [-0.3, -0.25) is 4.57 Å². The molecule has 4 nitrogen and oxygen atoms in total. The molecule has 0 amide bonds. The first-order valence-electron chi connectivity index (χ1n) is 7.75. The third-order valence-electron chi connectivity index (χ3n) is 3.89. The molecule has 26 heavy (non-hydrogen) atoms. The van der Waals surface area contributed by atoms with Crippen molar-refractivity contribution in [2.45, 2.75) is 6.18 Å². The molecule has 132 valence electrons. The van der Waals surface area contributed by atoms with Gasteiger partial charge in [0.25, 0.3) is 0 Å². The van der Waals surface area contributed by atoms with Crippen LogP contribution in [0.15, 0.2) is 54.7 Å². The van der Waals surface area contributed by atoms with Crippen LogP contribution < -0.4 is 4.90 Å². The lowest BCUT2D eigenvalue weighted by Crippen LogP contribution is -2.11. The molecule has 0 aliphatic rings. The van der Waals surface area contributed by atoms with Crippen LogP contribution in [0.25, 0.3) is 17.1 Å². The molecular formula is C19H15F3N4. The second-order valence-corrected chi connectivity index (χ2v) is 5.89. The molecule has 3 rings (SSSR count). The SMILES string of the molecule is CN(C)c1cc(-n2cc(C(F)(F)F)nc2-c2ccccc2)ccc1C#N. The van der Waals surface area contributed by atoms with Crippen molar-refractivity contribution in [3.63, 3.8) is 0 Å². The Morgan fingerprint density at radius 2 is 1.77 bits per heavy atom. The summed E-state index contributed by atoms with van der Waals surface area (Å²) in [6, 6.07) is 15.6. The highest BCUT2D eigenvalue weighted by Gasteiger charge is 2.35. The van der Waals surface area contributed by atoms with E-state index in [0.29, 0.717) is 22.5 Å². The highest BCUT2D eigenvalue weighted by Crippen LogP contribution is 2.33. The van der Waals surface area contributed by atoms with E-state index in [1.807, 2.05) is 0 Å². The van der Waals surface area contributed by atoms with Gasteiger partial charge in [0, 0.05) is 31.5 Å². The topological polar surface area (TPSA) is 44.9 Å². The summed E-state index contributed by atoms with van der Waals surface area (Å²) < 4.78 is 41.0. The number of hydrogen-bond acceptors (Lipinski definition) is 3. The lowest BCUT2D eigenvalue weighted by atomic mass is 10.1. The van der Waals surface area contributed by atoms with E-state index in [2.05, 4.69) is 11.1 Å². The Morgan fingerprint density at radius 3 is 2.35 bits per heavy atom. The van der Waals surface area contributed by atoms with Crippen molar-refractivity contribution in [3.8, 4) is 23.1 Å². The van der Waals surface area contributed by atoms with E-state index in [0.717, 1.165) is 6.20 Å². The summed E-state index contributed by atoms with van der Waals surface area (Å²) >= 11 is 0. The van der Waals surface area contributed by atoms with Gasteiger partial charge in [-0.1, -0.05) is 30.3 Å². The summed E-state index contributed by atoms with van der Waals surface area (Å²) in [4.78, 5) is 5.55. The molecule has 0 spiro atoms. The van der Waals surface area contributed by atoms with Crippen LogP contribution in [0.5, 0.6) is 0 Å². The molecule has 2 aromatic carbocycles. The molecule has 0 unspecified atom stereocenters. The van der Waals surface area contributed by atoms with E-state index in [1.54, 1.807) is 67.5 Å². The third kappa shape index (κ3) is 3.26. The standard InChI is InChI=1S/C19H15F3N4/c1-25(2)16-10-15(9-8-14(16)11-23)26-12-17(19(20,21)22)24-18(26)13-6-4-3-5-7-13/h3-10,12H,1-2H3. The first kappa shape index (κ1) is 17.5. The molecule has 0 bridgehead atoms. The van der Waals surface area contributed by atoms with Gasteiger partial charge in [-0.05, 0) is 18.2 Å². The van der Waals surface area contributed by atoms with Crippen molar-refractivity contribution in [1.82, 2.24) is 9.55 Å². The van der Waals surface area contributed by atoms with Gasteiger partial charge in [-0.15, -0.1) is 0 Å². The predicted molar refractivity (Wildman–Crippen MR) is 93.0 cm³/mol. The van der Waals surface area contributed by atoms with E-state index in [-0.39, 0.29) is 5.82 Å². The number of benzene rings is 2. The fourth-order valence-corrected chi connectivity index (χ4v) is 2.64. The number of nitrogens with zero attached hydrogens (tertiary/aromatic N) is 4. The molecular weight excluding hydrogens is 341 g/mol. The Morgan fingerprint density at radius 1 is 1.08 bits per heavy atom. The second kappa shape index (κ2) is 6.56. The van der Waals surface area contributed by atoms with Gasteiger partial charge in [-0.2, -0.15) is 18.4 Å². The highest BCUT2D eigenvalue weighted by molar-refractivity contribution is 5.66. The number of alkyl halides is 3. The molecule has 1 heterocycles. The molecule has 0 saturated heterocycles. The van der Waals surface area contributed by atoms with Gasteiger partial charge >= 0.3 is 6.18 Å². The smallest absolute Gasteiger partial charge is 0.377 e. The molecule has 0 fully saturated rings. The molecule has 3 aromatic rings. The zero-order valence-corrected chi connectivity index (χ0v) is 14.1. The monoisotopic (exact) mass is 356 g/mol. The van der Waals surface area contributed by atoms with Crippen molar-refractivity contribution in [1.29, 1.82) is 5.26 Å². The largest absolute Gasteiger partial charge is 0.434 e. The Bertz CT molecular complexity index is 967. The number of rotatable bonds is 3. The first-order valence-corrected chi connectivity index (χ1v) is 7.75. The third-order valence-corrected chi connectivity index (χ3v) is 3.89. The van der Waals surface area contributed by atoms with Crippen LogP contribution >= 0.6 is 0 Å². The van der Waals surface area contributed by atoms with Crippen LogP contribution in [-0.2, 0) is 6.18 Å². The quantitative estimate of drug-likeness (QED) is 0.694. The summed E-state index contributed by atoms with van der Waals surface area (Å²) in [5.41, 5.74) is 1.16. The van der Waals surface area contributed by atoms with Crippen LogP contribution in [0.2, 0.25) is 0 Å². The molecule has 0 aliphatic heterocycles. The first-order chi connectivity index (χ1) is 12.3. The van der Waals surface area contributed by atoms with Crippen molar-refractivity contribution in [3.05, 3.63) is 66.0 Å². The van der Waals surface area contributed by atoms with Crippen LogP contribution in [0.4, 0.5) is 18.9 Å². The number of halogens is 3. The van der Waals surface area contributed by atoms with Gasteiger partial charge in [0.2, 0.25) is 0 Å². The van der Waals surface area contributed by atoms with Gasteiger partial charge < -0.3 is 4.90 Å². The number of hydrogen-bond donors (Lipinski definition) is 0. The van der Waals surface area contributed by atoms with Gasteiger partial charge in [0.15, 0.2) is 5.69 Å². The zero-order chi connectivity index (χ0) is 18.9. The Hall–Kier alpha value is -3.27. The van der Waals surface area contributed by atoms with Crippen molar-refractivity contribution < 1.29 is 13.2 Å². The van der Waals surface area contributed by atoms with Crippen molar-refractivity contribution >= 4 is 5.69 Å². The highest BCUT2D eigenvalue weighted by atomic mass is 19.4. The number of anilines is 1. The Kier molecular flexibility index (Phi) is 4.43. The van der Waals surface area contributed by atoms with E-state index in [1.165, 1.54) is 4.57 Å². The Balaban J connectivity index is 2.23. The van der Waals surface area contributed by atoms with Crippen molar-refractivity contribution in [2.75, 3.05) is 19.0 Å². The van der Waals surface area contributed by atoms with Crippen molar-refractivity contribution in [2.24, 2.45) is 0 Å². The summed E-state index contributed by atoms with van der Waals surface area (Å²) in [7, 11) is 3.54. The normalized spacial score (nSPS) is 11.2. The molecule has 1 aromatic heterocycles. The summed E-state index contributed by atoms with van der Waals surface area (Å²) in [5.74, 6) is 0.187. The van der Waals surface area contributed by atoms with E-state index < -0.39 is 11.9 Å². The minimum absolute atomic E-state index is 0.187. The van der Waals surface area contributed by atoms with Gasteiger partial charge in [0.05, 0.1) is 11.3 Å². The van der Waals surface area contributed by atoms with Crippen LogP contribution in [0.1, 0.15) is 11.3 Å². The zero-order valence-electron chi connectivity index (χ0n) is 14.1. The molecule has 0 N–H and O–H groups in total. The van der Waals surface area contributed by atoms with Gasteiger partial charge in [0.1, 0.15) is 11.9 Å². The van der Waals surface area contributed by atoms with Crippen LogP contribution in [0, 0.1) is 11.3 Å². The number of imidazole rings is 1. The minimum atomic E-state index is -4.55. The lowest BCUT2D eigenvalue weighted by Gasteiger charge is -2.16.